The van der Waals surface area contributed by atoms with Crippen molar-refractivity contribution in [1.82, 2.24) is 15.5 Å². The van der Waals surface area contributed by atoms with Gasteiger partial charge in [0.25, 0.3) is 0 Å². The van der Waals surface area contributed by atoms with Gasteiger partial charge in [0.05, 0.1) is 0 Å². The van der Waals surface area contributed by atoms with Crippen LogP contribution < -0.4 is 15.8 Å². The van der Waals surface area contributed by atoms with Crippen LogP contribution in [0.15, 0.2) is 12.1 Å². The van der Waals surface area contributed by atoms with Gasteiger partial charge in [-0.25, -0.2) is 0 Å². The van der Waals surface area contributed by atoms with Gasteiger partial charge in [0.15, 0.2) is 13.1 Å². The van der Waals surface area contributed by atoms with E-state index in [9.17, 15) is 0 Å². The minimum Gasteiger partial charge on any atom is -0.352 e. The van der Waals surface area contributed by atoms with E-state index in [2.05, 4.69) is 53.2 Å². The number of nitrogens with one attached hydrogen (secondary N) is 1. The molecule has 2 rings (SSSR count). The molecule has 2 heterocycles. The Balaban J connectivity index is 2.05. The average Bonchev–Trinajstić information content (AvgIpc) is 2.39. The fraction of sp³-hybridized carbons (Fsp3) is 0.667. The van der Waals surface area contributed by atoms with E-state index < -0.39 is 0 Å². The van der Waals surface area contributed by atoms with E-state index in [1.54, 1.807) is 0 Å². The Kier molecular flexibility index (Phi) is 4.00. The van der Waals surface area contributed by atoms with Gasteiger partial charge in [-0.3, -0.25) is 0 Å². The Morgan fingerprint density at radius 1 is 1.41 bits per heavy atom. The molecule has 1 saturated heterocycles. The van der Waals surface area contributed by atoms with Gasteiger partial charge in [0, 0.05) is 31.3 Å². The van der Waals surface area contributed by atoms with Crippen molar-refractivity contribution >= 4 is 18.7 Å². The lowest BCUT2D eigenvalue weighted by atomic mass is 9.78. The Hall–Kier alpha value is -1.10. The molecule has 1 fully saturated rings. The second-order valence-electron chi connectivity index (χ2n) is 4.99. The molecular formula is C12H21BN4. The van der Waals surface area contributed by atoms with Crippen molar-refractivity contribution in [3.05, 3.63) is 12.1 Å². The second kappa shape index (κ2) is 5.49. The molecule has 1 aromatic heterocycles. The Bertz CT molecular complexity index is 352. The number of aromatic nitrogens is 2. The van der Waals surface area contributed by atoms with Crippen LogP contribution in [0.25, 0.3) is 0 Å². The Morgan fingerprint density at radius 3 is 2.82 bits per heavy atom. The van der Waals surface area contributed by atoms with E-state index in [4.69, 9.17) is 0 Å². The lowest BCUT2D eigenvalue weighted by Crippen LogP contribution is -2.53. The molecule has 1 aliphatic rings. The van der Waals surface area contributed by atoms with Crippen LogP contribution >= 0.6 is 0 Å². The summed E-state index contributed by atoms with van der Waals surface area (Å²) in [5.41, 5.74) is 1.06. The molecule has 5 heteroatoms. The fourth-order valence-electron chi connectivity index (χ4n) is 2.14. The molecule has 1 N–H and O–H groups in total. The first kappa shape index (κ1) is 12.4. The quantitative estimate of drug-likeness (QED) is 0.746. The highest BCUT2D eigenvalue weighted by atomic mass is 15.3. The maximum absolute atomic E-state index is 4.32. The third-order valence-corrected chi connectivity index (χ3v) is 3.40. The summed E-state index contributed by atoms with van der Waals surface area (Å²) in [7, 11) is 0.948. The molecule has 0 radical (unpaired) electrons. The summed E-state index contributed by atoms with van der Waals surface area (Å²) in [4.78, 5) is 2.33. The van der Waals surface area contributed by atoms with Crippen LogP contribution in [-0.4, -0.2) is 43.2 Å². The molecule has 1 aromatic rings. The van der Waals surface area contributed by atoms with Gasteiger partial charge in [0.2, 0.25) is 0 Å². The molecule has 1 aliphatic heterocycles. The van der Waals surface area contributed by atoms with Crippen LogP contribution in [0.2, 0.25) is 6.82 Å². The predicted octanol–water partition coefficient (Wildman–Crippen LogP) is 0.0207. The molecule has 17 heavy (non-hydrogen) atoms. The number of hydrogen-bond acceptors (Lipinski definition) is 4. The van der Waals surface area contributed by atoms with E-state index in [0.29, 0.717) is 12.0 Å². The third-order valence-electron chi connectivity index (χ3n) is 3.40. The van der Waals surface area contributed by atoms with Gasteiger partial charge in [-0.15, -0.1) is 5.10 Å². The maximum atomic E-state index is 4.32. The minimum absolute atomic E-state index is 0.552. The highest BCUT2D eigenvalue weighted by Gasteiger charge is 2.22. The van der Waals surface area contributed by atoms with E-state index >= 15 is 0 Å². The molecule has 0 spiro atoms. The van der Waals surface area contributed by atoms with Crippen molar-refractivity contribution in [2.45, 2.75) is 26.7 Å². The van der Waals surface area contributed by atoms with Crippen molar-refractivity contribution in [3.63, 3.8) is 0 Å². The van der Waals surface area contributed by atoms with E-state index in [0.717, 1.165) is 38.3 Å². The Labute approximate surface area is 104 Å². The normalized spacial score (nSPS) is 20.7. The molecule has 1 unspecified atom stereocenters. The summed E-state index contributed by atoms with van der Waals surface area (Å²) < 4.78 is 0. The first-order valence-corrected chi connectivity index (χ1v) is 6.51. The van der Waals surface area contributed by atoms with E-state index in [1.807, 2.05) is 0 Å². The monoisotopic (exact) mass is 232 g/mol. The second-order valence-corrected chi connectivity index (χ2v) is 4.99. The molecule has 4 nitrogen and oxygen atoms in total. The Morgan fingerprint density at radius 2 is 2.24 bits per heavy atom. The zero-order valence-corrected chi connectivity index (χ0v) is 11.0. The maximum Gasteiger partial charge on any atom is 0.181 e. The molecule has 1 atom stereocenters. The number of piperazine rings is 1. The van der Waals surface area contributed by atoms with Crippen molar-refractivity contribution in [2.75, 3.05) is 24.5 Å². The largest absolute Gasteiger partial charge is 0.352 e. The smallest absolute Gasteiger partial charge is 0.181 e. The summed E-state index contributed by atoms with van der Waals surface area (Å²) in [6.45, 7) is 9.69. The van der Waals surface area contributed by atoms with Crippen LogP contribution in [0.4, 0.5) is 5.82 Å². The van der Waals surface area contributed by atoms with E-state index in [1.165, 1.54) is 0 Å². The highest BCUT2D eigenvalue weighted by Crippen LogP contribution is 2.14. The predicted molar refractivity (Wildman–Crippen MR) is 73.5 cm³/mol. The standard InChI is InChI=1S/C12H21BN4/c1-9(2)10-8-17(7-6-14-10)12-5-4-11(13-3)15-16-12/h4-5,9-10,13-14H,6-8H2,1-3H3. The number of anilines is 1. The van der Waals surface area contributed by atoms with Crippen molar-refractivity contribution < 1.29 is 0 Å². The van der Waals surface area contributed by atoms with Gasteiger partial charge in [-0.1, -0.05) is 20.7 Å². The number of nitrogens with zero attached hydrogens (tertiary/aromatic N) is 3. The van der Waals surface area contributed by atoms with Gasteiger partial charge >= 0.3 is 0 Å². The number of hydrogen-bond donors (Lipinski definition) is 1. The zero-order chi connectivity index (χ0) is 12.3. The summed E-state index contributed by atoms with van der Waals surface area (Å²) in [5, 5.41) is 12.1. The molecule has 0 bridgehead atoms. The van der Waals surface area contributed by atoms with E-state index in [-0.39, 0.29) is 0 Å². The van der Waals surface area contributed by atoms with Crippen LogP contribution in [0.3, 0.4) is 0 Å². The first-order valence-electron chi connectivity index (χ1n) is 6.51. The SMILES string of the molecule is CBc1ccc(N2CCNC(C(C)C)C2)nn1. The molecule has 0 amide bonds. The topological polar surface area (TPSA) is 41.0 Å². The molecule has 0 aliphatic carbocycles. The van der Waals surface area contributed by atoms with Crippen LogP contribution in [0, 0.1) is 5.92 Å². The number of rotatable bonds is 3. The van der Waals surface area contributed by atoms with Crippen molar-refractivity contribution in [3.8, 4) is 0 Å². The van der Waals surface area contributed by atoms with Crippen LogP contribution in [-0.2, 0) is 0 Å². The zero-order valence-electron chi connectivity index (χ0n) is 11.0. The molecule has 0 aromatic carbocycles. The van der Waals surface area contributed by atoms with Crippen molar-refractivity contribution in [1.29, 1.82) is 0 Å². The molecule has 92 valence electrons. The fourth-order valence-corrected chi connectivity index (χ4v) is 2.14. The third kappa shape index (κ3) is 2.97. The summed E-state index contributed by atoms with van der Waals surface area (Å²) in [5.74, 6) is 1.66. The van der Waals surface area contributed by atoms with Crippen molar-refractivity contribution in [2.24, 2.45) is 5.92 Å². The molecular weight excluding hydrogens is 211 g/mol. The summed E-state index contributed by atoms with van der Waals surface area (Å²) in [6, 6.07) is 4.72. The minimum atomic E-state index is 0.552. The summed E-state index contributed by atoms with van der Waals surface area (Å²) in [6.07, 6.45) is 0. The van der Waals surface area contributed by atoms with Gasteiger partial charge in [-0.05, 0) is 18.1 Å². The lowest BCUT2D eigenvalue weighted by molar-refractivity contribution is 0.367. The summed E-state index contributed by atoms with van der Waals surface area (Å²) >= 11 is 0. The van der Waals surface area contributed by atoms with Crippen LogP contribution in [0.5, 0.6) is 0 Å². The first-order chi connectivity index (χ1) is 8.20. The van der Waals surface area contributed by atoms with Crippen LogP contribution in [0.1, 0.15) is 13.8 Å². The lowest BCUT2D eigenvalue weighted by Gasteiger charge is -2.36. The average molecular weight is 232 g/mol. The molecule has 0 saturated carbocycles. The highest BCUT2D eigenvalue weighted by molar-refractivity contribution is 6.50. The van der Waals surface area contributed by atoms with Gasteiger partial charge in [0.1, 0.15) is 0 Å². The van der Waals surface area contributed by atoms with Gasteiger partial charge < -0.3 is 10.2 Å². The van der Waals surface area contributed by atoms with Gasteiger partial charge in [-0.2, -0.15) is 5.10 Å².